The molecule has 0 aromatic heterocycles. The second-order valence-corrected chi connectivity index (χ2v) is 9.05. The monoisotopic (exact) mass is 566 g/mol. The van der Waals surface area contributed by atoms with Gasteiger partial charge in [-0.15, -0.1) is 0 Å². The van der Waals surface area contributed by atoms with Gasteiger partial charge in [0, 0.05) is 0 Å². The van der Waals surface area contributed by atoms with E-state index in [4.69, 9.17) is 42.1 Å². The highest BCUT2D eigenvalue weighted by Gasteiger charge is 2.13. The molecule has 13 heteroatoms. The Morgan fingerprint density at radius 3 is 1.34 bits per heavy atom. The molecule has 0 radical (unpaired) electrons. The van der Waals surface area contributed by atoms with E-state index in [9.17, 15) is 13.2 Å². The summed E-state index contributed by atoms with van der Waals surface area (Å²) in [5.74, 6) is -0.260. The summed E-state index contributed by atoms with van der Waals surface area (Å²) in [4.78, 5) is 11.2. The summed E-state index contributed by atoms with van der Waals surface area (Å²) in [6.45, 7) is 7.71. The van der Waals surface area contributed by atoms with Crippen molar-refractivity contribution in [1.82, 2.24) is 0 Å². The maximum atomic E-state index is 11.9. The Hall–Kier alpha value is -1.68. The van der Waals surface area contributed by atoms with Gasteiger partial charge in [0.15, 0.2) is 0 Å². The summed E-state index contributed by atoms with van der Waals surface area (Å²) in [7, 11) is -3.75. The predicted molar refractivity (Wildman–Crippen MR) is 137 cm³/mol. The zero-order chi connectivity index (χ0) is 27.6. The second-order valence-electron chi connectivity index (χ2n) is 7.43. The number of hydrogen-bond acceptors (Lipinski definition) is 12. The smallest absolute Gasteiger partial charge is 0.308 e. The van der Waals surface area contributed by atoms with E-state index in [1.165, 1.54) is 12.1 Å². The third kappa shape index (κ3) is 20.3. The van der Waals surface area contributed by atoms with Crippen molar-refractivity contribution in [3.05, 3.63) is 30.3 Å². The molecule has 0 amide bonds. The van der Waals surface area contributed by atoms with Crippen LogP contribution in [0, 0.1) is 0 Å². The fourth-order valence-electron chi connectivity index (χ4n) is 2.67. The number of benzene rings is 1. The average molecular weight is 567 g/mol. The maximum absolute atomic E-state index is 11.9. The first-order chi connectivity index (χ1) is 18.6. The lowest BCUT2D eigenvalue weighted by atomic mass is 10.4. The summed E-state index contributed by atoms with van der Waals surface area (Å²) in [6.07, 6.45) is 0.247. The van der Waals surface area contributed by atoms with Gasteiger partial charge in [-0.05, 0) is 19.1 Å². The molecule has 0 heterocycles. The zero-order valence-corrected chi connectivity index (χ0v) is 23.0. The quantitative estimate of drug-likeness (QED) is 0.0867. The minimum atomic E-state index is -3.75. The van der Waals surface area contributed by atoms with Crippen molar-refractivity contribution >= 4 is 16.1 Å². The van der Waals surface area contributed by atoms with Gasteiger partial charge in [0.05, 0.1) is 117 Å². The summed E-state index contributed by atoms with van der Waals surface area (Å²) in [5, 5.41) is 0. The van der Waals surface area contributed by atoms with Crippen molar-refractivity contribution in [2.24, 2.45) is 0 Å². The molecule has 1 aromatic rings. The third-order valence-electron chi connectivity index (χ3n) is 4.49. The van der Waals surface area contributed by atoms with E-state index in [-0.39, 0.29) is 30.5 Å². The molecule has 0 aliphatic rings. The largest absolute Gasteiger partial charge is 0.466 e. The van der Waals surface area contributed by atoms with E-state index in [2.05, 4.69) is 0 Å². The summed E-state index contributed by atoms with van der Waals surface area (Å²) >= 11 is 0. The Kier molecular flexibility index (Phi) is 22.0. The Morgan fingerprint density at radius 2 is 0.947 bits per heavy atom. The molecule has 0 spiro atoms. The van der Waals surface area contributed by atoms with Crippen molar-refractivity contribution in [2.45, 2.75) is 18.2 Å². The minimum Gasteiger partial charge on any atom is -0.466 e. The van der Waals surface area contributed by atoms with Gasteiger partial charge < -0.3 is 37.9 Å². The van der Waals surface area contributed by atoms with Gasteiger partial charge >= 0.3 is 5.97 Å². The third-order valence-corrected chi connectivity index (χ3v) is 5.81. The molecular formula is C25H42O12S. The van der Waals surface area contributed by atoms with Crippen molar-refractivity contribution in [3.63, 3.8) is 0 Å². The average Bonchev–Trinajstić information content (AvgIpc) is 2.91. The molecule has 0 bridgehead atoms. The van der Waals surface area contributed by atoms with Crippen LogP contribution in [0.5, 0.6) is 0 Å². The summed E-state index contributed by atoms with van der Waals surface area (Å²) in [5.41, 5.74) is 0. The number of carbonyl (C=O) groups is 1. The van der Waals surface area contributed by atoms with Gasteiger partial charge in [-0.1, -0.05) is 18.2 Å². The first kappa shape index (κ1) is 34.3. The lowest BCUT2D eigenvalue weighted by Gasteiger charge is -2.09. The van der Waals surface area contributed by atoms with E-state index in [1.54, 1.807) is 25.1 Å². The van der Waals surface area contributed by atoms with Gasteiger partial charge in [0.1, 0.15) is 0 Å². The van der Waals surface area contributed by atoms with Crippen LogP contribution >= 0.6 is 0 Å². The van der Waals surface area contributed by atoms with E-state index in [0.29, 0.717) is 92.5 Å². The fourth-order valence-corrected chi connectivity index (χ4v) is 3.58. The molecule has 38 heavy (non-hydrogen) atoms. The second kappa shape index (κ2) is 24.4. The molecule has 0 fully saturated rings. The van der Waals surface area contributed by atoms with Crippen LogP contribution in [-0.4, -0.2) is 120 Å². The predicted octanol–water partition coefficient (Wildman–Crippen LogP) is 1.46. The normalized spacial score (nSPS) is 11.6. The van der Waals surface area contributed by atoms with Crippen LogP contribution in [0.1, 0.15) is 13.3 Å². The Bertz CT molecular complexity index is 776. The van der Waals surface area contributed by atoms with E-state index < -0.39 is 10.1 Å². The van der Waals surface area contributed by atoms with Crippen LogP contribution in [0.15, 0.2) is 35.2 Å². The first-order valence-corrected chi connectivity index (χ1v) is 14.1. The van der Waals surface area contributed by atoms with E-state index >= 15 is 0 Å². The van der Waals surface area contributed by atoms with Crippen LogP contribution in [0.3, 0.4) is 0 Å². The van der Waals surface area contributed by atoms with Gasteiger partial charge in [-0.2, -0.15) is 8.42 Å². The van der Waals surface area contributed by atoms with Crippen LogP contribution in [0.25, 0.3) is 0 Å². The molecule has 0 N–H and O–H groups in total. The fraction of sp³-hybridized carbons (Fsp3) is 0.720. The highest BCUT2D eigenvalue weighted by atomic mass is 32.2. The summed E-state index contributed by atoms with van der Waals surface area (Å²) < 4.78 is 71.1. The molecular weight excluding hydrogens is 524 g/mol. The summed E-state index contributed by atoms with van der Waals surface area (Å²) in [6, 6.07) is 7.96. The van der Waals surface area contributed by atoms with Gasteiger partial charge in [0.2, 0.25) is 0 Å². The molecule has 0 saturated carbocycles. The van der Waals surface area contributed by atoms with E-state index in [0.717, 1.165) is 0 Å². The Labute approximate surface area is 225 Å². The molecule has 1 rings (SSSR count). The molecule has 1 aromatic carbocycles. The van der Waals surface area contributed by atoms with Gasteiger partial charge in [0.25, 0.3) is 10.1 Å². The van der Waals surface area contributed by atoms with Crippen LogP contribution < -0.4 is 0 Å². The molecule has 0 unspecified atom stereocenters. The number of rotatable bonds is 27. The SMILES string of the molecule is CCOC(=O)CCOCCOCCOCCOCCOCCOCCOCCOS(=O)(=O)c1ccccc1. The van der Waals surface area contributed by atoms with Crippen molar-refractivity contribution in [2.75, 3.05) is 106 Å². The number of ether oxygens (including phenoxy) is 8. The molecule has 0 atom stereocenters. The highest BCUT2D eigenvalue weighted by molar-refractivity contribution is 7.86. The molecule has 0 saturated heterocycles. The number of esters is 1. The standard InChI is InChI=1S/C25H42O12S/c1-2-36-25(26)8-9-29-10-11-30-12-13-31-14-15-32-16-17-33-18-19-34-20-21-35-22-23-37-38(27,28)24-6-4-3-5-7-24/h3-7H,2,8-23H2,1H3. The zero-order valence-electron chi connectivity index (χ0n) is 22.2. The number of carbonyl (C=O) groups excluding carboxylic acids is 1. The van der Waals surface area contributed by atoms with Crippen molar-refractivity contribution in [1.29, 1.82) is 0 Å². The van der Waals surface area contributed by atoms with Crippen molar-refractivity contribution < 1.29 is 55.3 Å². The molecule has 0 aliphatic heterocycles. The van der Waals surface area contributed by atoms with Gasteiger partial charge in [-0.25, -0.2) is 0 Å². The Morgan fingerprint density at radius 1 is 0.579 bits per heavy atom. The van der Waals surface area contributed by atoms with Crippen LogP contribution in [-0.2, 0) is 57.0 Å². The maximum Gasteiger partial charge on any atom is 0.308 e. The van der Waals surface area contributed by atoms with Crippen molar-refractivity contribution in [3.8, 4) is 0 Å². The number of hydrogen-bond donors (Lipinski definition) is 0. The van der Waals surface area contributed by atoms with Gasteiger partial charge in [-0.3, -0.25) is 8.98 Å². The molecule has 0 aliphatic carbocycles. The first-order valence-electron chi connectivity index (χ1n) is 12.7. The molecule has 12 nitrogen and oxygen atoms in total. The Balaban J connectivity index is 1.72. The highest BCUT2D eigenvalue weighted by Crippen LogP contribution is 2.10. The molecule has 220 valence electrons. The van der Waals surface area contributed by atoms with Crippen LogP contribution in [0.4, 0.5) is 0 Å². The topological polar surface area (TPSA) is 134 Å². The lowest BCUT2D eigenvalue weighted by molar-refractivity contribution is -0.144. The van der Waals surface area contributed by atoms with E-state index in [1.807, 2.05) is 0 Å². The van der Waals surface area contributed by atoms with Crippen LogP contribution in [0.2, 0.25) is 0 Å². The minimum absolute atomic E-state index is 0.0600. The lowest BCUT2D eigenvalue weighted by Crippen LogP contribution is -2.15.